The number of nitrogens with zero attached hydrogens (tertiary/aromatic N) is 4. The van der Waals surface area contributed by atoms with Gasteiger partial charge in [0.25, 0.3) is 5.91 Å². The van der Waals surface area contributed by atoms with Gasteiger partial charge >= 0.3 is 0 Å². The Balaban J connectivity index is 1.51. The van der Waals surface area contributed by atoms with Gasteiger partial charge in [0.1, 0.15) is 0 Å². The van der Waals surface area contributed by atoms with E-state index in [0.29, 0.717) is 40.2 Å². The number of aryl methyl sites for hydroxylation is 1. The quantitative estimate of drug-likeness (QED) is 0.644. The largest absolute Gasteiger partial charge is 0.359 e. The molecule has 0 spiro atoms. The molecule has 4 rings (SSSR count). The maximum atomic E-state index is 12.7. The molecular formula is C20H18Cl2N6O2. The second-order valence-corrected chi connectivity index (χ2v) is 7.64. The number of rotatable bonds is 4. The summed E-state index contributed by atoms with van der Waals surface area (Å²) in [5, 5.41) is 15.2. The van der Waals surface area contributed by atoms with E-state index in [-0.39, 0.29) is 18.1 Å². The third-order valence-corrected chi connectivity index (χ3v) is 5.16. The topological polar surface area (TPSA) is 92.2 Å². The summed E-state index contributed by atoms with van der Waals surface area (Å²) in [5.41, 5.74) is 2.60. The van der Waals surface area contributed by atoms with E-state index in [1.54, 1.807) is 49.4 Å². The number of aromatic nitrogens is 3. The molecule has 0 radical (unpaired) electrons. The number of carbonyl (C=O) groups is 2. The normalized spacial score (nSPS) is 13.8. The van der Waals surface area contributed by atoms with Crippen molar-refractivity contribution in [3.05, 3.63) is 63.9 Å². The van der Waals surface area contributed by atoms with Crippen LogP contribution in [0.25, 0.3) is 5.69 Å². The number of nitrogens with one attached hydrogen (secondary N) is 2. The van der Waals surface area contributed by atoms with Crippen molar-refractivity contribution in [3.63, 3.8) is 0 Å². The highest BCUT2D eigenvalue weighted by Crippen LogP contribution is 2.29. The fraction of sp³-hybridized carbons (Fsp3) is 0.200. The maximum absolute atomic E-state index is 12.7. The summed E-state index contributed by atoms with van der Waals surface area (Å²) in [6, 6.07) is 12.2. The average molecular weight is 445 g/mol. The van der Waals surface area contributed by atoms with Crippen LogP contribution in [0.2, 0.25) is 10.0 Å². The lowest BCUT2D eigenvalue weighted by Gasteiger charge is -2.29. The zero-order chi connectivity index (χ0) is 21.3. The molecule has 1 saturated heterocycles. The van der Waals surface area contributed by atoms with Crippen molar-refractivity contribution < 1.29 is 9.59 Å². The molecule has 1 fully saturated rings. The van der Waals surface area contributed by atoms with Crippen LogP contribution in [0.5, 0.6) is 0 Å². The molecule has 154 valence electrons. The number of anilines is 2. The zero-order valence-electron chi connectivity index (χ0n) is 16.0. The molecule has 0 unspecified atom stereocenters. The number of piperazine rings is 1. The Kier molecular flexibility index (Phi) is 5.61. The molecule has 1 aromatic heterocycles. The van der Waals surface area contributed by atoms with Crippen LogP contribution in [-0.2, 0) is 4.79 Å². The van der Waals surface area contributed by atoms with Gasteiger partial charge in [-0.3, -0.25) is 9.59 Å². The lowest BCUT2D eigenvalue weighted by molar-refractivity contribution is -0.120. The van der Waals surface area contributed by atoms with Crippen LogP contribution in [0, 0.1) is 6.92 Å². The lowest BCUT2D eigenvalue weighted by Crippen LogP contribution is -2.47. The Morgan fingerprint density at radius 3 is 2.73 bits per heavy atom. The first kappa shape index (κ1) is 20.2. The van der Waals surface area contributed by atoms with E-state index < -0.39 is 5.91 Å². The van der Waals surface area contributed by atoms with Gasteiger partial charge in [0, 0.05) is 23.8 Å². The summed E-state index contributed by atoms with van der Waals surface area (Å²) in [6.07, 6.45) is 0. The van der Waals surface area contributed by atoms with Gasteiger partial charge in [0.05, 0.1) is 28.6 Å². The first-order valence-corrected chi connectivity index (χ1v) is 9.99. The molecule has 3 aromatic rings. The summed E-state index contributed by atoms with van der Waals surface area (Å²) in [5.74, 6) is -0.449. The average Bonchev–Trinajstić information content (AvgIpc) is 3.10. The lowest BCUT2D eigenvalue weighted by atomic mass is 10.2. The Labute approximate surface area is 182 Å². The first-order chi connectivity index (χ1) is 14.4. The molecule has 2 aromatic carbocycles. The third-order valence-electron chi connectivity index (χ3n) is 4.62. The van der Waals surface area contributed by atoms with E-state index in [9.17, 15) is 9.59 Å². The number of hydrogen-bond acceptors (Lipinski definition) is 5. The van der Waals surface area contributed by atoms with Gasteiger partial charge in [-0.25, -0.2) is 0 Å². The van der Waals surface area contributed by atoms with Crippen LogP contribution in [0.1, 0.15) is 16.2 Å². The van der Waals surface area contributed by atoms with E-state index in [2.05, 4.69) is 20.8 Å². The highest BCUT2D eigenvalue weighted by molar-refractivity contribution is 6.33. The minimum atomic E-state index is -0.401. The molecule has 1 aliphatic rings. The standard InChI is InChI=1S/C20H18Cl2N6O2/c1-12-19(26-28(25-12)15-4-2-3-13(21)9-15)20(30)24-14-5-6-17(16(22)10-14)27-8-7-23-18(29)11-27/h2-6,9-10H,7-8,11H2,1H3,(H,23,29)(H,24,30). The summed E-state index contributed by atoms with van der Waals surface area (Å²) < 4.78 is 0. The molecule has 2 heterocycles. The van der Waals surface area contributed by atoms with Crippen LogP contribution < -0.4 is 15.5 Å². The molecule has 0 saturated carbocycles. The summed E-state index contributed by atoms with van der Waals surface area (Å²) in [4.78, 5) is 27.6. The molecule has 8 nitrogen and oxygen atoms in total. The SMILES string of the molecule is Cc1nn(-c2cccc(Cl)c2)nc1C(=O)Nc1ccc(N2CCNC(=O)C2)c(Cl)c1. The maximum Gasteiger partial charge on any atom is 0.278 e. The van der Waals surface area contributed by atoms with E-state index in [1.807, 2.05) is 4.90 Å². The fourth-order valence-electron chi connectivity index (χ4n) is 3.18. The first-order valence-electron chi connectivity index (χ1n) is 9.23. The van der Waals surface area contributed by atoms with Gasteiger partial charge in [-0.05, 0) is 43.3 Å². The van der Waals surface area contributed by atoms with Gasteiger partial charge in [-0.15, -0.1) is 5.10 Å². The van der Waals surface area contributed by atoms with E-state index in [4.69, 9.17) is 23.2 Å². The zero-order valence-corrected chi connectivity index (χ0v) is 17.5. The molecule has 10 heteroatoms. The Morgan fingerprint density at radius 2 is 2.00 bits per heavy atom. The summed E-state index contributed by atoms with van der Waals surface area (Å²) in [6.45, 7) is 3.19. The summed E-state index contributed by atoms with van der Waals surface area (Å²) in [7, 11) is 0. The highest BCUT2D eigenvalue weighted by atomic mass is 35.5. The van der Waals surface area contributed by atoms with Crippen molar-refractivity contribution in [3.8, 4) is 5.69 Å². The predicted molar refractivity (Wildman–Crippen MR) is 116 cm³/mol. The molecular weight excluding hydrogens is 427 g/mol. The van der Waals surface area contributed by atoms with Crippen molar-refractivity contribution in [2.75, 3.05) is 29.9 Å². The number of carbonyl (C=O) groups excluding carboxylic acids is 2. The molecule has 2 N–H and O–H groups in total. The second-order valence-electron chi connectivity index (χ2n) is 6.80. The van der Waals surface area contributed by atoms with Gasteiger partial charge in [0.2, 0.25) is 5.91 Å². The van der Waals surface area contributed by atoms with Crippen molar-refractivity contribution >= 4 is 46.4 Å². The van der Waals surface area contributed by atoms with Crippen molar-refractivity contribution in [2.24, 2.45) is 0 Å². The minimum Gasteiger partial charge on any atom is -0.359 e. The molecule has 2 amide bonds. The Morgan fingerprint density at radius 1 is 1.17 bits per heavy atom. The van der Waals surface area contributed by atoms with E-state index >= 15 is 0 Å². The van der Waals surface area contributed by atoms with Crippen LogP contribution in [0.15, 0.2) is 42.5 Å². The molecule has 0 bridgehead atoms. The molecule has 0 atom stereocenters. The molecule has 30 heavy (non-hydrogen) atoms. The number of hydrogen-bond donors (Lipinski definition) is 2. The van der Waals surface area contributed by atoms with Crippen molar-refractivity contribution in [2.45, 2.75) is 6.92 Å². The highest BCUT2D eigenvalue weighted by Gasteiger charge is 2.20. The van der Waals surface area contributed by atoms with Crippen LogP contribution >= 0.6 is 23.2 Å². The fourth-order valence-corrected chi connectivity index (χ4v) is 3.66. The predicted octanol–water partition coefficient (Wildman–Crippen LogP) is 3.07. The van der Waals surface area contributed by atoms with Crippen LogP contribution in [0.4, 0.5) is 11.4 Å². The number of benzene rings is 2. The van der Waals surface area contributed by atoms with Gasteiger partial charge < -0.3 is 15.5 Å². The van der Waals surface area contributed by atoms with E-state index in [0.717, 1.165) is 5.69 Å². The Bertz CT molecular complexity index is 1130. The monoisotopic (exact) mass is 444 g/mol. The van der Waals surface area contributed by atoms with Crippen LogP contribution in [0.3, 0.4) is 0 Å². The Hall–Kier alpha value is -3.10. The molecule has 1 aliphatic heterocycles. The van der Waals surface area contributed by atoms with Crippen LogP contribution in [-0.4, -0.2) is 46.4 Å². The second kappa shape index (κ2) is 8.33. The third kappa shape index (κ3) is 4.24. The van der Waals surface area contributed by atoms with E-state index in [1.165, 1.54) is 4.80 Å². The van der Waals surface area contributed by atoms with Gasteiger partial charge in [-0.2, -0.15) is 9.90 Å². The molecule has 0 aliphatic carbocycles. The summed E-state index contributed by atoms with van der Waals surface area (Å²) >= 11 is 12.4. The smallest absolute Gasteiger partial charge is 0.278 e. The van der Waals surface area contributed by atoms with Gasteiger partial charge in [0.15, 0.2) is 5.69 Å². The number of amides is 2. The van der Waals surface area contributed by atoms with Crippen molar-refractivity contribution in [1.82, 2.24) is 20.3 Å². The van der Waals surface area contributed by atoms with Crippen molar-refractivity contribution in [1.29, 1.82) is 0 Å². The minimum absolute atomic E-state index is 0.0482. The van der Waals surface area contributed by atoms with Gasteiger partial charge in [-0.1, -0.05) is 29.3 Å². The number of halogens is 2.